The van der Waals surface area contributed by atoms with E-state index in [4.69, 9.17) is 9.26 Å². The molecule has 6 nitrogen and oxygen atoms in total. The fraction of sp³-hybridized carbons (Fsp3) is 0.750. The lowest BCUT2D eigenvalue weighted by atomic mass is 9.83. The van der Waals surface area contributed by atoms with Gasteiger partial charge in [0.1, 0.15) is 12.0 Å². The smallest absolute Gasteiger partial charge is 0.191 e. The normalized spacial score (nSPS) is 17.6. The monoisotopic (exact) mass is 308 g/mol. The second-order valence-electron chi connectivity index (χ2n) is 5.99. The Morgan fingerprint density at radius 1 is 1.41 bits per heavy atom. The number of nitrogens with one attached hydrogen (secondary N) is 2. The van der Waals surface area contributed by atoms with Gasteiger partial charge in [-0.05, 0) is 31.6 Å². The average Bonchev–Trinajstić information content (AvgIpc) is 3.20. The Morgan fingerprint density at radius 3 is 2.86 bits per heavy atom. The van der Waals surface area contributed by atoms with Crippen LogP contribution in [0.1, 0.15) is 44.7 Å². The van der Waals surface area contributed by atoms with E-state index in [1.54, 1.807) is 13.4 Å². The lowest BCUT2D eigenvalue weighted by Gasteiger charge is -2.29. The van der Waals surface area contributed by atoms with Crippen LogP contribution >= 0.6 is 0 Å². The molecule has 1 heterocycles. The van der Waals surface area contributed by atoms with E-state index in [2.05, 4.69) is 27.7 Å². The van der Waals surface area contributed by atoms with Gasteiger partial charge in [-0.1, -0.05) is 18.0 Å². The molecule has 1 saturated carbocycles. The number of guanidine groups is 1. The van der Waals surface area contributed by atoms with Gasteiger partial charge in [-0.3, -0.25) is 0 Å². The van der Waals surface area contributed by atoms with E-state index in [9.17, 15) is 0 Å². The molecule has 1 aromatic heterocycles. The number of hydrogen-bond acceptors (Lipinski definition) is 4. The largest absolute Gasteiger partial charge is 0.385 e. The number of rotatable bonds is 8. The minimum Gasteiger partial charge on any atom is -0.385 e. The third-order valence-corrected chi connectivity index (χ3v) is 4.37. The highest BCUT2D eigenvalue weighted by Gasteiger charge is 2.33. The second-order valence-corrected chi connectivity index (χ2v) is 5.99. The highest BCUT2D eigenvalue weighted by Crippen LogP contribution is 2.40. The molecule has 0 saturated heterocycles. The maximum absolute atomic E-state index is 5.29. The van der Waals surface area contributed by atoms with Crippen LogP contribution < -0.4 is 10.6 Å². The zero-order chi connectivity index (χ0) is 15.7. The van der Waals surface area contributed by atoms with Gasteiger partial charge in [-0.15, -0.1) is 0 Å². The highest BCUT2D eigenvalue weighted by molar-refractivity contribution is 5.79. The molecule has 1 aliphatic carbocycles. The van der Waals surface area contributed by atoms with Crippen LogP contribution in [-0.2, 0) is 11.3 Å². The molecule has 124 valence electrons. The van der Waals surface area contributed by atoms with Crippen molar-refractivity contribution in [3.8, 4) is 0 Å². The maximum Gasteiger partial charge on any atom is 0.191 e. The minimum absolute atomic E-state index is 0.347. The summed E-state index contributed by atoms with van der Waals surface area (Å²) in [6.45, 7) is 5.21. The standard InChI is InChI=1S/C16H28N4O2/c1-3-17-15(18-12-14-6-10-22-20-14)19-13-16(9-11-21-2)7-4-5-8-16/h6,10H,3-5,7-9,11-13H2,1-2H3,(H2,17,18,19). The van der Waals surface area contributed by atoms with Crippen molar-refractivity contribution in [1.82, 2.24) is 15.8 Å². The van der Waals surface area contributed by atoms with Crippen molar-refractivity contribution < 1.29 is 9.26 Å². The Hall–Kier alpha value is -1.56. The highest BCUT2D eigenvalue weighted by atomic mass is 16.5. The second kappa shape index (κ2) is 8.78. The number of ether oxygens (including phenoxy) is 1. The first kappa shape index (κ1) is 16.8. The van der Waals surface area contributed by atoms with Crippen molar-refractivity contribution in [2.24, 2.45) is 10.4 Å². The van der Waals surface area contributed by atoms with E-state index < -0.39 is 0 Å². The van der Waals surface area contributed by atoms with Crippen molar-refractivity contribution in [3.05, 3.63) is 18.0 Å². The molecule has 0 unspecified atom stereocenters. The molecule has 1 fully saturated rings. The summed E-state index contributed by atoms with van der Waals surface area (Å²) in [5.41, 5.74) is 1.19. The molecule has 2 rings (SSSR count). The average molecular weight is 308 g/mol. The number of hydrogen-bond donors (Lipinski definition) is 2. The Balaban J connectivity index is 1.90. The Bertz CT molecular complexity index is 439. The Morgan fingerprint density at radius 2 is 2.23 bits per heavy atom. The molecule has 0 aromatic carbocycles. The van der Waals surface area contributed by atoms with Crippen molar-refractivity contribution in [1.29, 1.82) is 0 Å². The van der Waals surface area contributed by atoms with E-state index in [1.165, 1.54) is 25.7 Å². The van der Waals surface area contributed by atoms with E-state index in [0.29, 0.717) is 12.0 Å². The van der Waals surface area contributed by atoms with Crippen LogP contribution in [-0.4, -0.2) is 37.9 Å². The van der Waals surface area contributed by atoms with Crippen molar-refractivity contribution in [3.63, 3.8) is 0 Å². The number of aliphatic imine (C=N–C) groups is 1. The van der Waals surface area contributed by atoms with Crippen molar-refractivity contribution >= 4 is 5.96 Å². The molecule has 0 aliphatic heterocycles. The molecular formula is C16H28N4O2. The first-order valence-corrected chi connectivity index (χ1v) is 8.18. The molecule has 1 aromatic rings. The van der Waals surface area contributed by atoms with E-state index >= 15 is 0 Å². The van der Waals surface area contributed by atoms with E-state index in [1.807, 2.05) is 6.07 Å². The quantitative estimate of drug-likeness (QED) is 0.569. The van der Waals surface area contributed by atoms with Gasteiger partial charge >= 0.3 is 0 Å². The SMILES string of the molecule is CCNC(=NCc1ccon1)NCC1(CCOC)CCCC1. The fourth-order valence-corrected chi connectivity index (χ4v) is 3.05. The summed E-state index contributed by atoms with van der Waals surface area (Å²) in [7, 11) is 1.78. The first-order chi connectivity index (χ1) is 10.8. The fourth-order valence-electron chi connectivity index (χ4n) is 3.05. The van der Waals surface area contributed by atoms with Crippen LogP contribution in [0.25, 0.3) is 0 Å². The predicted octanol–water partition coefficient (Wildman–Crippen LogP) is 2.33. The molecule has 0 spiro atoms. The molecular weight excluding hydrogens is 280 g/mol. The molecule has 0 amide bonds. The number of nitrogens with zero attached hydrogens (tertiary/aromatic N) is 2. The van der Waals surface area contributed by atoms with Gasteiger partial charge < -0.3 is 19.9 Å². The molecule has 22 heavy (non-hydrogen) atoms. The zero-order valence-corrected chi connectivity index (χ0v) is 13.7. The number of aromatic nitrogens is 1. The van der Waals surface area contributed by atoms with Crippen LogP contribution in [0.5, 0.6) is 0 Å². The van der Waals surface area contributed by atoms with Gasteiger partial charge in [0.25, 0.3) is 0 Å². The van der Waals surface area contributed by atoms with Crippen molar-refractivity contribution in [2.75, 3.05) is 26.8 Å². The van der Waals surface area contributed by atoms with E-state index in [-0.39, 0.29) is 0 Å². The van der Waals surface area contributed by atoms with Crippen molar-refractivity contribution in [2.45, 2.75) is 45.6 Å². The summed E-state index contributed by atoms with van der Waals surface area (Å²) in [6, 6.07) is 1.84. The minimum atomic E-state index is 0.347. The summed E-state index contributed by atoms with van der Waals surface area (Å²) < 4.78 is 10.1. The Labute approximate surface area is 132 Å². The van der Waals surface area contributed by atoms with Crippen LogP contribution in [0.4, 0.5) is 0 Å². The summed E-state index contributed by atoms with van der Waals surface area (Å²) in [5, 5.41) is 10.7. The molecule has 0 atom stereocenters. The topological polar surface area (TPSA) is 71.7 Å². The van der Waals surface area contributed by atoms with Gasteiger partial charge in [0.2, 0.25) is 0 Å². The van der Waals surface area contributed by atoms with Gasteiger partial charge in [0.15, 0.2) is 5.96 Å². The zero-order valence-electron chi connectivity index (χ0n) is 13.7. The summed E-state index contributed by atoms with van der Waals surface area (Å²) in [6.07, 6.45) is 7.86. The van der Waals surface area contributed by atoms with Crippen LogP contribution in [0, 0.1) is 5.41 Å². The summed E-state index contributed by atoms with van der Waals surface area (Å²) >= 11 is 0. The predicted molar refractivity (Wildman–Crippen MR) is 86.7 cm³/mol. The van der Waals surface area contributed by atoms with Gasteiger partial charge in [-0.25, -0.2) is 4.99 Å². The number of methoxy groups -OCH3 is 1. The first-order valence-electron chi connectivity index (χ1n) is 8.18. The van der Waals surface area contributed by atoms with Crippen LogP contribution in [0.2, 0.25) is 0 Å². The third kappa shape index (κ3) is 5.02. The molecule has 0 radical (unpaired) electrons. The lowest BCUT2D eigenvalue weighted by Crippen LogP contribution is -2.43. The van der Waals surface area contributed by atoms with Gasteiger partial charge in [0.05, 0.1) is 6.54 Å². The van der Waals surface area contributed by atoms with Crippen LogP contribution in [0.3, 0.4) is 0 Å². The van der Waals surface area contributed by atoms with Gasteiger partial charge in [0, 0.05) is 32.9 Å². The van der Waals surface area contributed by atoms with E-state index in [0.717, 1.165) is 37.8 Å². The Kier molecular flexibility index (Phi) is 6.71. The third-order valence-electron chi connectivity index (χ3n) is 4.37. The maximum atomic E-state index is 5.29. The lowest BCUT2D eigenvalue weighted by molar-refractivity contribution is 0.138. The molecule has 2 N–H and O–H groups in total. The summed E-state index contributed by atoms with van der Waals surface area (Å²) in [4.78, 5) is 4.57. The molecule has 0 bridgehead atoms. The molecule has 1 aliphatic rings. The van der Waals surface area contributed by atoms with Crippen LogP contribution in [0.15, 0.2) is 21.8 Å². The molecule has 6 heteroatoms. The van der Waals surface area contributed by atoms with Gasteiger partial charge in [-0.2, -0.15) is 0 Å². The summed E-state index contributed by atoms with van der Waals surface area (Å²) in [5.74, 6) is 0.842.